The third kappa shape index (κ3) is 3.64. The van der Waals surface area contributed by atoms with E-state index in [0.29, 0.717) is 6.54 Å². The molecule has 2 aromatic carbocycles. The predicted molar refractivity (Wildman–Crippen MR) is 89.9 cm³/mol. The SMILES string of the molecule is COc1ccc(CCN)cc1-c1ccc(C(C)(C)C)cc1. The maximum Gasteiger partial charge on any atom is 0.126 e. The van der Waals surface area contributed by atoms with Gasteiger partial charge in [-0.1, -0.05) is 51.1 Å². The summed E-state index contributed by atoms with van der Waals surface area (Å²) in [4.78, 5) is 0. The van der Waals surface area contributed by atoms with Gasteiger partial charge in [0.25, 0.3) is 0 Å². The number of nitrogens with two attached hydrogens (primary N) is 1. The van der Waals surface area contributed by atoms with Crippen molar-refractivity contribution < 1.29 is 4.74 Å². The summed E-state index contributed by atoms with van der Waals surface area (Å²) in [6, 6.07) is 15.0. The minimum Gasteiger partial charge on any atom is -0.496 e. The van der Waals surface area contributed by atoms with Crippen LogP contribution in [0.15, 0.2) is 42.5 Å². The summed E-state index contributed by atoms with van der Waals surface area (Å²) in [7, 11) is 1.71. The lowest BCUT2D eigenvalue weighted by Gasteiger charge is -2.19. The lowest BCUT2D eigenvalue weighted by molar-refractivity contribution is 0.416. The zero-order valence-electron chi connectivity index (χ0n) is 13.4. The Kier molecular flexibility index (Phi) is 4.69. The second-order valence-electron chi connectivity index (χ2n) is 6.40. The average Bonchev–Trinajstić information content (AvgIpc) is 2.47. The molecule has 0 bridgehead atoms. The van der Waals surface area contributed by atoms with Crippen molar-refractivity contribution in [3.8, 4) is 16.9 Å². The third-order valence-electron chi connectivity index (χ3n) is 3.76. The molecule has 0 unspecified atom stereocenters. The second-order valence-corrected chi connectivity index (χ2v) is 6.40. The first-order chi connectivity index (χ1) is 9.95. The minimum absolute atomic E-state index is 0.171. The van der Waals surface area contributed by atoms with E-state index >= 15 is 0 Å². The Bertz CT molecular complexity index is 594. The van der Waals surface area contributed by atoms with Crippen LogP contribution in [0, 0.1) is 0 Å². The Balaban J connectivity index is 2.42. The number of benzene rings is 2. The van der Waals surface area contributed by atoms with Crippen LogP contribution in [0.4, 0.5) is 0 Å². The summed E-state index contributed by atoms with van der Waals surface area (Å²) in [6.07, 6.45) is 0.886. The summed E-state index contributed by atoms with van der Waals surface area (Å²) in [5.74, 6) is 0.902. The summed E-state index contributed by atoms with van der Waals surface area (Å²) in [6.45, 7) is 7.34. The topological polar surface area (TPSA) is 35.2 Å². The van der Waals surface area contributed by atoms with Crippen LogP contribution in [0.1, 0.15) is 31.9 Å². The van der Waals surface area contributed by atoms with Crippen LogP contribution in [0.5, 0.6) is 5.75 Å². The Morgan fingerprint density at radius 1 is 1.00 bits per heavy atom. The van der Waals surface area contributed by atoms with Crippen molar-refractivity contribution in [1.29, 1.82) is 0 Å². The number of hydrogen-bond donors (Lipinski definition) is 1. The van der Waals surface area contributed by atoms with Gasteiger partial charge >= 0.3 is 0 Å². The van der Waals surface area contributed by atoms with E-state index in [2.05, 4.69) is 57.2 Å². The van der Waals surface area contributed by atoms with Gasteiger partial charge in [-0.3, -0.25) is 0 Å². The molecule has 0 heterocycles. The molecule has 0 saturated carbocycles. The molecule has 2 rings (SSSR count). The fraction of sp³-hybridized carbons (Fsp3) is 0.368. The predicted octanol–water partition coefficient (Wildman–Crippen LogP) is 4.16. The molecule has 0 radical (unpaired) electrons. The van der Waals surface area contributed by atoms with Gasteiger partial charge in [0.05, 0.1) is 7.11 Å². The zero-order chi connectivity index (χ0) is 15.5. The van der Waals surface area contributed by atoms with Gasteiger partial charge in [0.1, 0.15) is 5.75 Å². The van der Waals surface area contributed by atoms with Crippen LogP contribution in [0.2, 0.25) is 0 Å². The molecule has 0 atom stereocenters. The van der Waals surface area contributed by atoms with Gasteiger partial charge < -0.3 is 10.5 Å². The van der Waals surface area contributed by atoms with Crippen LogP contribution in [0.25, 0.3) is 11.1 Å². The molecular weight excluding hydrogens is 258 g/mol. The molecule has 2 aromatic rings. The number of hydrogen-bond acceptors (Lipinski definition) is 2. The van der Waals surface area contributed by atoms with Crippen LogP contribution >= 0.6 is 0 Å². The standard InChI is InChI=1S/C19H25NO/c1-19(2,3)16-8-6-15(7-9-16)17-13-14(11-12-20)5-10-18(17)21-4/h5-10,13H,11-12,20H2,1-4H3. The normalized spacial score (nSPS) is 11.5. The van der Waals surface area contributed by atoms with Gasteiger partial charge in [0.15, 0.2) is 0 Å². The average molecular weight is 283 g/mol. The van der Waals surface area contributed by atoms with Gasteiger partial charge in [0, 0.05) is 5.56 Å². The van der Waals surface area contributed by atoms with Crippen LogP contribution in [-0.4, -0.2) is 13.7 Å². The summed E-state index contributed by atoms with van der Waals surface area (Å²) in [5, 5.41) is 0. The third-order valence-corrected chi connectivity index (χ3v) is 3.76. The molecule has 112 valence electrons. The molecule has 2 heteroatoms. The van der Waals surface area contributed by atoms with Gasteiger partial charge in [0.2, 0.25) is 0 Å². The van der Waals surface area contributed by atoms with Crippen LogP contribution in [-0.2, 0) is 11.8 Å². The highest BCUT2D eigenvalue weighted by atomic mass is 16.5. The van der Waals surface area contributed by atoms with Crippen molar-refractivity contribution >= 4 is 0 Å². The molecule has 0 aromatic heterocycles. The molecule has 0 fully saturated rings. The maximum absolute atomic E-state index is 5.66. The second kappa shape index (κ2) is 6.31. The molecular formula is C19H25NO. The summed E-state index contributed by atoms with van der Waals surface area (Å²) in [5.41, 5.74) is 10.7. The van der Waals surface area contributed by atoms with E-state index < -0.39 is 0 Å². The van der Waals surface area contributed by atoms with Crippen LogP contribution in [0.3, 0.4) is 0 Å². The van der Waals surface area contributed by atoms with Gasteiger partial charge in [-0.15, -0.1) is 0 Å². The van der Waals surface area contributed by atoms with Crippen LogP contribution < -0.4 is 10.5 Å². The fourth-order valence-corrected chi connectivity index (χ4v) is 2.45. The first-order valence-electron chi connectivity index (χ1n) is 7.43. The highest BCUT2D eigenvalue weighted by Crippen LogP contribution is 2.32. The highest BCUT2D eigenvalue weighted by molar-refractivity contribution is 5.71. The molecule has 2 nitrogen and oxygen atoms in total. The lowest BCUT2D eigenvalue weighted by atomic mass is 9.86. The Morgan fingerprint density at radius 3 is 2.19 bits per heavy atom. The zero-order valence-corrected chi connectivity index (χ0v) is 13.4. The fourth-order valence-electron chi connectivity index (χ4n) is 2.45. The van der Waals surface area contributed by atoms with Crippen molar-refractivity contribution in [3.63, 3.8) is 0 Å². The van der Waals surface area contributed by atoms with Gasteiger partial charge in [-0.2, -0.15) is 0 Å². The molecule has 0 saturated heterocycles. The first-order valence-corrected chi connectivity index (χ1v) is 7.43. The van der Waals surface area contributed by atoms with Crippen molar-refractivity contribution in [2.75, 3.05) is 13.7 Å². The van der Waals surface area contributed by atoms with Crippen molar-refractivity contribution in [1.82, 2.24) is 0 Å². The molecule has 21 heavy (non-hydrogen) atoms. The van der Waals surface area contributed by atoms with Crippen molar-refractivity contribution in [2.24, 2.45) is 5.73 Å². The van der Waals surface area contributed by atoms with Gasteiger partial charge in [-0.25, -0.2) is 0 Å². The Morgan fingerprint density at radius 2 is 1.67 bits per heavy atom. The molecule has 0 amide bonds. The van der Waals surface area contributed by atoms with E-state index in [1.165, 1.54) is 16.7 Å². The van der Waals surface area contributed by atoms with E-state index in [0.717, 1.165) is 17.7 Å². The van der Waals surface area contributed by atoms with E-state index in [9.17, 15) is 0 Å². The monoisotopic (exact) mass is 283 g/mol. The molecule has 0 aliphatic rings. The minimum atomic E-state index is 0.171. The molecule has 0 spiro atoms. The van der Waals surface area contributed by atoms with Crippen molar-refractivity contribution in [3.05, 3.63) is 53.6 Å². The molecule has 0 aliphatic heterocycles. The van der Waals surface area contributed by atoms with Crippen molar-refractivity contribution in [2.45, 2.75) is 32.6 Å². The maximum atomic E-state index is 5.66. The largest absolute Gasteiger partial charge is 0.496 e. The summed E-state index contributed by atoms with van der Waals surface area (Å²) < 4.78 is 5.50. The Labute approximate surface area is 127 Å². The molecule has 2 N–H and O–H groups in total. The number of methoxy groups -OCH3 is 1. The Hall–Kier alpha value is -1.80. The number of ether oxygens (including phenoxy) is 1. The van der Waals surface area contributed by atoms with Gasteiger partial charge in [-0.05, 0) is 47.2 Å². The van der Waals surface area contributed by atoms with E-state index in [4.69, 9.17) is 10.5 Å². The molecule has 0 aliphatic carbocycles. The highest BCUT2D eigenvalue weighted by Gasteiger charge is 2.14. The first kappa shape index (κ1) is 15.6. The van der Waals surface area contributed by atoms with E-state index in [1.54, 1.807) is 7.11 Å². The quantitative estimate of drug-likeness (QED) is 0.914. The lowest BCUT2D eigenvalue weighted by Crippen LogP contribution is -2.10. The van der Waals surface area contributed by atoms with E-state index in [1.807, 2.05) is 6.07 Å². The number of rotatable bonds is 4. The van der Waals surface area contributed by atoms with E-state index in [-0.39, 0.29) is 5.41 Å². The smallest absolute Gasteiger partial charge is 0.126 e. The summed E-state index contributed by atoms with van der Waals surface area (Å²) >= 11 is 0.